The van der Waals surface area contributed by atoms with Gasteiger partial charge < -0.3 is 0 Å². The highest BCUT2D eigenvalue weighted by molar-refractivity contribution is 5.66. The van der Waals surface area contributed by atoms with Crippen molar-refractivity contribution in [3.05, 3.63) is 95.6 Å². The maximum Gasteiger partial charge on any atom is -0.0155 e. The maximum absolute atomic E-state index is 2.17. The van der Waals surface area contributed by atoms with Crippen LogP contribution in [0.15, 0.2) is 78.9 Å². The van der Waals surface area contributed by atoms with Crippen LogP contribution in [0.5, 0.6) is 0 Å². The largest absolute Gasteiger partial charge is 0.0622 e. The first-order valence-corrected chi connectivity index (χ1v) is 7.31. The summed E-state index contributed by atoms with van der Waals surface area (Å²) in [5, 5.41) is 0. The molecule has 0 saturated carbocycles. The van der Waals surface area contributed by atoms with Crippen LogP contribution in [-0.2, 0) is 0 Å². The third-order valence-electron chi connectivity index (χ3n) is 3.40. The van der Waals surface area contributed by atoms with Crippen molar-refractivity contribution in [2.45, 2.75) is 20.8 Å². The van der Waals surface area contributed by atoms with Crippen LogP contribution in [0.3, 0.4) is 0 Å². The molecule has 3 rings (SSSR count). The molecule has 0 nitrogen and oxygen atoms in total. The van der Waals surface area contributed by atoms with E-state index in [1.54, 1.807) is 0 Å². The molecule has 3 aromatic rings. The molecule has 0 amide bonds. The van der Waals surface area contributed by atoms with E-state index < -0.39 is 0 Å². The molecule has 0 unspecified atom stereocenters. The molecule has 0 atom stereocenters. The van der Waals surface area contributed by atoms with Gasteiger partial charge in [-0.3, -0.25) is 0 Å². The average Bonchev–Trinajstić information content (AvgIpc) is 2.49. The van der Waals surface area contributed by atoms with E-state index in [1.165, 1.54) is 27.8 Å². The van der Waals surface area contributed by atoms with E-state index in [1.807, 2.05) is 6.07 Å². The number of hydrogen-bond donors (Lipinski definition) is 0. The highest BCUT2D eigenvalue weighted by Gasteiger charge is 1.97. The zero-order chi connectivity index (χ0) is 15.1. The summed E-state index contributed by atoms with van der Waals surface area (Å²) in [5.41, 5.74) is 6.62. The third-order valence-corrected chi connectivity index (χ3v) is 3.40. The second-order valence-corrected chi connectivity index (χ2v) is 5.34. The van der Waals surface area contributed by atoms with Crippen molar-refractivity contribution in [3.8, 4) is 11.1 Å². The predicted octanol–water partition coefficient (Wildman–Crippen LogP) is 5.97. The van der Waals surface area contributed by atoms with Gasteiger partial charge in [-0.05, 0) is 37.5 Å². The smallest absolute Gasteiger partial charge is 0.0155 e. The Kier molecular flexibility index (Phi) is 5.34. The summed E-state index contributed by atoms with van der Waals surface area (Å²) in [6.07, 6.45) is 0. The van der Waals surface area contributed by atoms with Crippen LogP contribution in [0.2, 0.25) is 0 Å². The molecule has 0 saturated heterocycles. The molecular formula is C21H22. The Labute approximate surface area is 128 Å². The van der Waals surface area contributed by atoms with Gasteiger partial charge in [-0.2, -0.15) is 0 Å². The van der Waals surface area contributed by atoms with Gasteiger partial charge in [-0.1, -0.05) is 90.0 Å². The Bertz CT molecular complexity index is 664. The van der Waals surface area contributed by atoms with Crippen molar-refractivity contribution in [2.75, 3.05) is 0 Å². The first-order chi connectivity index (χ1) is 10.2. The van der Waals surface area contributed by atoms with E-state index in [-0.39, 0.29) is 0 Å². The quantitative estimate of drug-likeness (QED) is 0.513. The minimum absolute atomic E-state index is 1.29. The number of hydrogen-bond acceptors (Lipinski definition) is 0. The van der Waals surface area contributed by atoms with Gasteiger partial charge in [0.2, 0.25) is 0 Å². The van der Waals surface area contributed by atoms with Gasteiger partial charge in [-0.25, -0.2) is 0 Å². The van der Waals surface area contributed by atoms with E-state index in [0.717, 1.165) is 0 Å². The van der Waals surface area contributed by atoms with Crippen LogP contribution < -0.4 is 0 Å². The summed E-state index contributed by atoms with van der Waals surface area (Å²) in [6.45, 7) is 6.35. The molecule has 0 fully saturated rings. The zero-order valence-electron chi connectivity index (χ0n) is 13.0. The van der Waals surface area contributed by atoms with E-state index in [2.05, 4.69) is 93.6 Å². The maximum atomic E-state index is 2.17. The Morgan fingerprint density at radius 2 is 1.10 bits per heavy atom. The lowest BCUT2D eigenvalue weighted by molar-refractivity contribution is 1.39. The summed E-state index contributed by atoms with van der Waals surface area (Å²) in [6, 6.07) is 27.4. The molecule has 0 bridgehead atoms. The van der Waals surface area contributed by atoms with Crippen LogP contribution in [0, 0.1) is 20.8 Å². The molecule has 0 aliphatic heterocycles. The van der Waals surface area contributed by atoms with Gasteiger partial charge in [0.05, 0.1) is 0 Å². The predicted molar refractivity (Wildman–Crippen MR) is 92.5 cm³/mol. The lowest BCUT2D eigenvalue weighted by Gasteiger charge is -2.04. The Morgan fingerprint density at radius 3 is 1.62 bits per heavy atom. The van der Waals surface area contributed by atoms with Gasteiger partial charge in [0.15, 0.2) is 0 Å². The van der Waals surface area contributed by atoms with Crippen LogP contribution in [0.4, 0.5) is 0 Å². The third kappa shape index (κ3) is 4.61. The fourth-order valence-electron chi connectivity index (χ4n) is 2.32. The monoisotopic (exact) mass is 274 g/mol. The van der Waals surface area contributed by atoms with Gasteiger partial charge in [0.25, 0.3) is 0 Å². The van der Waals surface area contributed by atoms with Gasteiger partial charge in [-0.15, -0.1) is 0 Å². The number of rotatable bonds is 1. The van der Waals surface area contributed by atoms with Crippen molar-refractivity contribution >= 4 is 0 Å². The van der Waals surface area contributed by atoms with Gasteiger partial charge >= 0.3 is 0 Å². The molecule has 0 heteroatoms. The van der Waals surface area contributed by atoms with Crippen LogP contribution in [-0.4, -0.2) is 0 Å². The molecule has 0 heterocycles. The molecule has 0 aromatic heterocycles. The van der Waals surface area contributed by atoms with Crippen molar-refractivity contribution in [3.63, 3.8) is 0 Å². The fraction of sp³-hybridized carbons (Fsp3) is 0.143. The molecule has 106 valence electrons. The van der Waals surface area contributed by atoms with Crippen LogP contribution in [0.1, 0.15) is 16.7 Å². The summed E-state index contributed by atoms with van der Waals surface area (Å²) in [5.74, 6) is 0. The Balaban J connectivity index is 0.000000173. The topological polar surface area (TPSA) is 0 Å². The highest BCUT2D eigenvalue weighted by Crippen LogP contribution is 2.21. The number of aryl methyl sites for hydroxylation is 3. The molecule has 0 N–H and O–H groups in total. The summed E-state index contributed by atoms with van der Waals surface area (Å²) >= 11 is 0. The molecule has 0 radical (unpaired) electrons. The van der Waals surface area contributed by atoms with Gasteiger partial charge in [0, 0.05) is 0 Å². The lowest BCUT2D eigenvalue weighted by Crippen LogP contribution is -1.80. The second kappa shape index (κ2) is 7.44. The summed E-state index contributed by atoms with van der Waals surface area (Å²) < 4.78 is 0. The summed E-state index contributed by atoms with van der Waals surface area (Å²) in [7, 11) is 0. The highest BCUT2D eigenvalue weighted by atomic mass is 14.0. The normalized spacial score (nSPS) is 9.67. The molecular weight excluding hydrogens is 252 g/mol. The first kappa shape index (κ1) is 15.1. The number of benzene rings is 3. The molecule has 0 aliphatic carbocycles. The van der Waals surface area contributed by atoms with E-state index in [0.29, 0.717) is 0 Å². The second-order valence-electron chi connectivity index (χ2n) is 5.34. The van der Waals surface area contributed by atoms with E-state index >= 15 is 0 Å². The lowest BCUT2D eigenvalue weighted by atomic mass is 10.0. The van der Waals surface area contributed by atoms with Crippen molar-refractivity contribution in [1.82, 2.24) is 0 Å². The summed E-state index contributed by atoms with van der Waals surface area (Å²) in [4.78, 5) is 0. The van der Waals surface area contributed by atoms with Crippen molar-refractivity contribution < 1.29 is 0 Å². The Hall–Kier alpha value is -2.34. The first-order valence-electron chi connectivity index (χ1n) is 7.31. The molecule has 21 heavy (non-hydrogen) atoms. The SMILES string of the molecule is Cc1cccc(C)c1.Cc1ccccc1-c1ccccc1. The van der Waals surface area contributed by atoms with E-state index in [4.69, 9.17) is 0 Å². The van der Waals surface area contributed by atoms with Crippen LogP contribution >= 0.6 is 0 Å². The van der Waals surface area contributed by atoms with Crippen LogP contribution in [0.25, 0.3) is 11.1 Å². The zero-order valence-corrected chi connectivity index (χ0v) is 13.0. The molecule has 3 aromatic carbocycles. The fourth-order valence-corrected chi connectivity index (χ4v) is 2.32. The molecule has 0 spiro atoms. The van der Waals surface area contributed by atoms with Gasteiger partial charge in [0.1, 0.15) is 0 Å². The molecule has 0 aliphatic rings. The van der Waals surface area contributed by atoms with E-state index in [9.17, 15) is 0 Å². The van der Waals surface area contributed by atoms with Crippen molar-refractivity contribution in [1.29, 1.82) is 0 Å². The minimum atomic E-state index is 1.29. The Morgan fingerprint density at radius 1 is 0.524 bits per heavy atom. The minimum Gasteiger partial charge on any atom is -0.0622 e. The average molecular weight is 274 g/mol. The van der Waals surface area contributed by atoms with Crippen molar-refractivity contribution in [2.24, 2.45) is 0 Å². The standard InChI is InChI=1S/C13H12.C8H10/c1-11-7-5-6-10-13(11)12-8-3-2-4-9-12;1-7-4-3-5-8(2)6-7/h2-10H,1H3;3-6H,1-2H3.